The highest BCUT2D eigenvalue weighted by atomic mass is 35.5. The quantitative estimate of drug-likeness (QED) is 0.651. The van der Waals surface area contributed by atoms with E-state index in [4.69, 9.17) is 21.1 Å². The third-order valence-corrected chi connectivity index (χ3v) is 3.75. The third-order valence-electron chi connectivity index (χ3n) is 3.51. The number of benzene rings is 2. The van der Waals surface area contributed by atoms with Crippen molar-refractivity contribution in [2.75, 3.05) is 0 Å². The minimum atomic E-state index is -0.946. The first kappa shape index (κ1) is 16.0. The second kappa shape index (κ2) is 6.72. The predicted octanol–water partition coefficient (Wildman–Crippen LogP) is 5.36. The molecule has 0 saturated heterocycles. The van der Waals surface area contributed by atoms with Gasteiger partial charge in [-0.1, -0.05) is 23.7 Å². The summed E-state index contributed by atoms with van der Waals surface area (Å²) in [7, 11) is 0. The maximum atomic E-state index is 11.0. The number of aliphatic imine (C=N–C) groups is 1. The molecule has 5 heteroatoms. The Hall–Kier alpha value is -2.85. The van der Waals surface area contributed by atoms with Gasteiger partial charge in [0.15, 0.2) is 0 Å². The van der Waals surface area contributed by atoms with Crippen LogP contribution in [0.2, 0.25) is 5.02 Å². The van der Waals surface area contributed by atoms with Crippen molar-refractivity contribution in [3.05, 3.63) is 76.5 Å². The first-order valence-electron chi connectivity index (χ1n) is 7.27. The number of rotatable bonds is 4. The van der Waals surface area contributed by atoms with Crippen LogP contribution in [0.3, 0.4) is 0 Å². The number of hydrogen-bond donors (Lipinski definition) is 1. The highest BCUT2D eigenvalue weighted by Crippen LogP contribution is 2.26. The second-order valence-corrected chi connectivity index (χ2v) is 5.71. The standard InChI is InChI=1S/C19H14ClNO3/c1-12-9-13(19(22)23)5-7-17(12)18-8-6-16(24-18)11-21-15-4-2-3-14(20)10-15/h2-11H,1H3,(H,22,23). The number of aromatic carboxylic acids is 1. The Labute approximate surface area is 144 Å². The van der Waals surface area contributed by atoms with Crippen molar-refractivity contribution >= 4 is 29.5 Å². The second-order valence-electron chi connectivity index (χ2n) is 5.27. The lowest BCUT2D eigenvalue weighted by atomic mass is 10.0. The molecule has 0 unspecified atom stereocenters. The Balaban J connectivity index is 1.84. The molecule has 0 saturated carbocycles. The number of aryl methyl sites for hydroxylation is 1. The number of carboxylic acid groups (broad SMARTS) is 1. The molecule has 0 radical (unpaired) electrons. The summed E-state index contributed by atoms with van der Waals surface area (Å²) in [6, 6.07) is 15.8. The first-order valence-corrected chi connectivity index (χ1v) is 7.64. The highest BCUT2D eigenvalue weighted by Gasteiger charge is 2.10. The highest BCUT2D eigenvalue weighted by molar-refractivity contribution is 6.30. The van der Waals surface area contributed by atoms with Crippen molar-refractivity contribution in [1.82, 2.24) is 0 Å². The third kappa shape index (κ3) is 3.55. The smallest absolute Gasteiger partial charge is 0.335 e. The van der Waals surface area contributed by atoms with E-state index in [1.807, 2.05) is 31.2 Å². The van der Waals surface area contributed by atoms with Gasteiger partial charge in [-0.25, -0.2) is 4.79 Å². The minimum absolute atomic E-state index is 0.255. The van der Waals surface area contributed by atoms with Gasteiger partial charge in [0, 0.05) is 10.6 Å². The number of carboxylic acids is 1. The van der Waals surface area contributed by atoms with Gasteiger partial charge < -0.3 is 9.52 Å². The molecule has 0 aliphatic heterocycles. The lowest BCUT2D eigenvalue weighted by Crippen LogP contribution is -1.96. The molecular weight excluding hydrogens is 326 g/mol. The van der Waals surface area contributed by atoms with Crippen LogP contribution in [-0.2, 0) is 0 Å². The van der Waals surface area contributed by atoms with Gasteiger partial charge in [-0.05, 0) is 55.0 Å². The Morgan fingerprint density at radius 1 is 1.17 bits per heavy atom. The summed E-state index contributed by atoms with van der Waals surface area (Å²) in [5.41, 5.74) is 2.68. The van der Waals surface area contributed by atoms with E-state index in [0.717, 1.165) is 16.8 Å². The summed E-state index contributed by atoms with van der Waals surface area (Å²) in [5, 5.41) is 9.65. The zero-order chi connectivity index (χ0) is 17.1. The molecule has 0 aliphatic carbocycles. The monoisotopic (exact) mass is 339 g/mol. The molecule has 3 aromatic rings. The van der Waals surface area contributed by atoms with Gasteiger partial charge in [0.25, 0.3) is 0 Å². The van der Waals surface area contributed by atoms with Crippen LogP contribution in [0, 0.1) is 6.92 Å². The number of hydrogen-bond acceptors (Lipinski definition) is 3. The fourth-order valence-electron chi connectivity index (χ4n) is 2.33. The molecule has 0 spiro atoms. The zero-order valence-electron chi connectivity index (χ0n) is 12.9. The van der Waals surface area contributed by atoms with Crippen molar-refractivity contribution in [2.24, 2.45) is 4.99 Å². The molecule has 3 rings (SSSR count). The van der Waals surface area contributed by atoms with E-state index < -0.39 is 5.97 Å². The summed E-state index contributed by atoms with van der Waals surface area (Å²) >= 11 is 5.92. The first-order chi connectivity index (χ1) is 11.5. The summed E-state index contributed by atoms with van der Waals surface area (Å²) in [4.78, 5) is 15.3. The molecule has 0 aliphatic rings. The fourth-order valence-corrected chi connectivity index (χ4v) is 2.52. The SMILES string of the molecule is Cc1cc(C(=O)O)ccc1-c1ccc(C=Nc2cccc(Cl)c2)o1. The van der Waals surface area contributed by atoms with Crippen molar-refractivity contribution in [3.8, 4) is 11.3 Å². The molecule has 0 fully saturated rings. The summed E-state index contributed by atoms with van der Waals surface area (Å²) in [5.74, 6) is 0.321. The van der Waals surface area contributed by atoms with E-state index in [2.05, 4.69) is 4.99 Å². The number of carbonyl (C=O) groups is 1. The molecule has 1 heterocycles. The molecule has 0 atom stereocenters. The predicted molar refractivity (Wildman–Crippen MR) is 94.5 cm³/mol. The van der Waals surface area contributed by atoms with Gasteiger partial charge in [-0.3, -0.25) is 4.99 Å². The normalized spacial score (nSPS) is 11.1. The van der Waals surface area contributed by atoms with Crippen molar-refractivity contribution in [1.29, 1.82) is 0 Å². The van der Waals surface area contributed by atoms with Crippen LogP contribution in [0.15, 0.2) is 64.0 Å². The van der Waals surface area contributed by atoms with Gasteiger partial charge >= 0.3 is 5.97 Å². The average Bonchev–Trinajstić information content (AvgIpc) is 3.01. The van der Waals surface area contributed by atoms with Crippen molar-refractivity contribution < 1.29 is 14.3 Å². The zero-order valence-corrected chi connectivity index (χ0v) is 13.6. The number of furan rings is 1. The van der Waals surface area contributed by atoms with Crippen LogP contribution in [0.4, 0.5) is 5.69 Å². The maximum absolute atomic E-state index is 11.0. The van der Waals surface area contributed by atoms with Gasteiger partial charge in [0.2, 0.25) is 0 Å². The van der Waals surface area contributed by atoms with E-state index in [-0.39, 0.29) is 5.56 Å². The lowest BCUT2D eigenvalue weighted by Gasteiger charge is -2.03. The van der Waals surface area contributed by atoms with Crippen LogP contribution < -0.4 is 0 Å². The van der Waals surface area contributed by atoms with Crippen LogP contribution in [0.1, 0.15) is 21.7 Å². The molecule has 24 heavy (non-hydrogen) atoms. The molecule has 1 aromatic heterocycles. The average molecular weight is 340 g/mol. The van der Waals surface area contributed by atoms with E-state index in [1.54, 1.807) is 36.5 Å². The number of halogens is 1. The molecule has 2 aromatic carbocycles. The molecular formula is C19H14ClNO3. The van der Waals surface area contributed by atoms with Gasteiger partial charge in [-0.2, -0.15) is 0 Å². The van der Waals surface area contributed by atoms with Gasteiger partial charge in [-0.15, -0.1) is 0 Å². The molecule has 120 valence electrons. The van der Waals surface area contributed by atoms with Gasteiger partial charge in [0.05, 0.1) is 17.5 Å². The molecule has 0 bridgehead atoms. The Morgan fingerprint density at radius 2 is 2.00 bits per heavy atom. The van der Waals surface area contributed by atoms with Crippen LogP contribution >= 0.6 is 11.6 Å². The van der Waals surface area contributed by atoms with E-state index >= 15 is 0 Å². The van der Waals surface area contributed by atoms with Crippen molar-refractivity contribution in [2.45, 2.75) is 6.92 Å². The number of nitrogens with zero attached hydrogens (tertiary/aromatic N) is 1. The minimum Gasteiger partial charge on any atom is -0.478 e. The maximum Gasteiger partial charge on any atom is 0.335 e. The van der Waals surface area contributed by atoms with Crippen LogP contribution in [0.5, 0.6) is 0 Å². The van der Waals surface area contributed by atoms with Crippen LogP contribution in [-0.4, -0.2) is 17.3 Å². The summed E-state index contributed by atoms with van der Waals surface area (Å²) < 4.78 is 5.77. The summed E-state index contributed by atoms with van der Waals surface area (Å²) in [6.07, 6.45) is 1.62. The molecule has 0 amide bonds. The van der Waals surface area contributed by atoms with E-state index in [9.17, 15) is 4.79 Å². The van der Waals surface area contributed by atoms with Crippen molar-refractivity contribution in [3.63, 3.8) is 0 Å². The van der Waals surface area contributed by atoms with E-state index in [0.29, 0.717) is 16.5 Å². The largest absolute Gasteiger partial charge is 0.478 e. The molecule has 4 nitrogen and oxygen atoms in total. The Morgan fingerprint density at radius 3 is 2.71 bits per heavy atom. The van der Waals surface area contributed by atoms with Gasteiger partial charge in [0.1, 0.15) is 11.5 Å². The Kier molecular flexibility index (Phi) is 4.49. The Bertz CT molecular complexity index is 928. The topological polar surface area (TPSA) is 62.8 Å². The van der Waals surface area contributed by atoms with E-state index in [1.165, 1.54) is 0 Å². The molecule has 1 N–H and O–H groups in total. The summed E-state index contributed by atoms with van der Waals surface area (Å²) in [6.45, 7) is 1.85. The lowest BCUT2D eigenvalue weighted by molar-refractivity contribution is 0.0697. The fraction of sp³-hybridized carbons (Fsp3) is 0.0526. The van der Waals surface area contributed by atoms with Crippen LogP contribution in [0.25, 0.3) is 11.3 Å².